The third kappa shape index (κ3) is 4.75. The van der Waals surface area contributed by atoms with Crippen LogP contribution in [0.2, 0.25) is 0 Å². The Morgan fingerprint density at radius 1 is 1.29 bits per heavy atom. The molecule has 4 nitrogen and oxygen atoms in total. The zero-order valence-corrected chi connectivity index (χ0v) is 11.8. The minimum Gasteiger partial charge on any atom is -0.395 e. The zero-order chi connectivity index (χ0) is 15.2. The lowest BCUT2D eigenvalue weighted by molar-refractivity contribution is -0.123. The normalized spacial score (nSPS) is 19.5. The van der Waals surface area contributed by atoms with E-state index in [1.807, 2.05) is 4.90 Å². The molecule has 116 valence electrons. The first kappa shape index (κ1) is 15.9. The highest BCUT2D eigenvalue weighted by Gasteiger charge is 2.23. The van der Waals surface area contributed by atoms with Crippen molar-refractivity contribution >= 4 is 5.91 Å². The van der Waals surface area contributed by atoms with E-state index >= 15 is 0 Å². The Labute approximate surface area is 122 Å². The van der Waals surface area contributed by atoms with Gasteiger partial charge in [0.2, 0.25) is 5.91 Å². The molecule has 0 saturated carbocycles. The molecule has 1 aliphatic heterocycles. The third-order valence-corrected chi connectivity index (χ3v) is 3.72. The van der Waals surface area contributed by atoms with Gasteiger partial charge in [0, 0.05) is 18.7 Å². The quantitative estimate of drug-likeness (QED) is 0.864. The van der Waals surface area contributed by atoms with Gasteiger partial charge in [0.15, 0.2) is 0 Å². The van der Waals surface area contributed by atoms with Crippen molar-refractivity contribution in [2.45, 2.75) is 31.8 Å². The highest BCUT2D eigenvalue weighted by atomic mass is 19.1. The van der Waals surface area contributed by atoms with Gasteiger partial charge in [-0.15, -0.1) is 0 Å². The molecule has 1 unspecified atom stereocenters. The first-order chi connectivity index (χ1) is 10.1. The predicted octanol–water partition coefficient (Wildman–Crippen LogP) is 1.43. The molecule has 1 fully saturated rings. The van der Waals surface area contributed by atoms with Crippen LogP contribution in [-0.2, 0) is 11.3 Å². The van der Waals surface area contributed by atoms with E-state index in [9.17, 15) is 18.7 Å². The van der Waals surface area contributed by atoms with Crippen molar-refractivity contribution in [3.8, 4) is 0 Å². The Bertz CT molecular complexity index is 476. The molecule has 6 heteroatoms. The molecule has 2 N–H and O–H groups in total. The summed E-state index contributed by atoms with van der Waals surface area (Å²) in [5.41, 5.74) is 0.387. The summed E-state index contributed by atoms with van der Waals surface area (Å²) in [6, 6.07) is 3.21. The molecule has 2 rings (SSSR count). The fraction of sp³-hybridized carbons (Fsp3) is 0.533. The summed E-state index contributed by atoms with van der Waals surface area (Å²) in [6.45, 7) is 1.11. The van der Waals surface area contributed by atoms with Crippen LogP contribution in [0.4, 0.5) is 8.78 Å². The lowest BCUT2D eigenvalue weighted by Gasteiger charge is -2.33. The topological polar surface area (TPSA) is 52.6 Å². The standard InChI is InChI=1S/C15H20F2N2O2/c16-12-5-11(6-13(17)7-12)8-18-15(21)9-19-4-2-1-3-14(19)10-20/h5-7,14,20H,1-4,8-10H2,(H,18,21). The maximum atomic E-state index is 13.0. The van der Waals surface area contributed by atoms with Gasteiger partial charge in [-0.1, -0.05) is 6.42 Å². The molecule has 1 atom stereocenters. The third-order valence-electron chi connectivity index (χ3n) is 3.72. The smallest absolute Gasteiger partial charge is 0.234 e. The summed E-state index contributed by atoms with van der Waals surface area (Å²) < 4.78 is 26.1. The van der Waals surface area contributed by atoms with Crippen molar-refractivity contribution in [3.05, 3.63) is 35.4 Å². The molecule has 1 aromatic carbocycles. The van der Waals surface area contributed by atoms with Crippen molar-refractivity contribution in [2.75, 3.05) is 19.7 Å². The fourth-order valence-electron chi connectivity index (χ4n) is 2.63. The first-order valence-electron chi connectivity index (χ1n) is 7.15. The number of aliphatic hydroxyl groups is 1. The summed E-state index contributed by atoms with van der Waals surface area (Å²) in [5.74, 6) is -1.52. The molecule has 0 aliphatic carbocycles. The van der Waals surface area contributed by atoms with Crippen LogP contribution in [0.3, 0.4) is 0 Å². The van der Waals surface area contributed by atoms with E-state index in [2.05, 4.69) is 5.32 Å². The van der Waals surface area contributed by atoms with Crippen molar-refractivity contribution in [2.24, 2.45) is 0 Å². The second kappa shape index (κ2) is 7.47. The van der Waals surface area contributed by atoms with Gasteiger partial charge in [0.25, 0.3) is 0 Å². The molecule has 0 spiro atoms. The number of carbonyl (C=O) groups excluding carboxylic acids is 1. The van der Waals surface area contributed by atoms with Crippen LogP contribution in [0, 0.1) is 11.6 Å². The van der Waals surface area contributed by atoms with E-state index in [0.29, 0.717) is 5.56 Å². The number of halogens is 2. The zero-order valence-electron chi connectivity index (χ0n) is 11.8. The van der Waals surface area contributed by atoms with Crippen LogP contribution in [0.25, 0.3) is 0 Å². The largest absolute Gasteiger partial charge is 0.395 e. The summed E-state index contributed by atoms with van der Waals surface area (Å²) >= 11 is 0. The number of hydrogen-bond acceptors (Lipinski definition) is 3. The number of aliphatic hydroxyl groups excluding tert-OH is 1. The van der Waals surface area contributed by atoms with E-state index in [0.717, 1.165) is 31.9 Å². The van der Waals surface area contributed by atoms with Gasteiger partial charge in [-0.3, -0.25) is 9.69 Å². The average molecular weight is 298 g/mol. The molecule has 1 amide bonds. The summed E-state index contributed by atoms with van der Waals surface area (Å²) in [6.07, 6.45) is 2.96. The Morgan fingerprint density at radius 2 is 2.00 bits per heavy atom. The molecular weight excluding hydrogens is 278 g/mol. The summed E-state index contributed by atoms with van der Waals surface area (Å²) in [5, 5.41) is 11.9. The Hall–Kier alpha value is -1.53. The lowest BCUT2D eigenvalue weighted by Crippen LogP contribution is -2.47. The molecular formula is C15H20F2N2O2. The van der Waals surface area contributed by atoms with E-state index in [4.69, 9.17) is 0 Å². The summed E-state index contributed by atoms with van der Waals surface area (Å²) in [4.78, 5) is 13.8. The fourth-order valence-corrected chi connectivity index (χ4v) is 2.63. The maximum absolute atomic E-state index is 13.0. The minimum atomic E-state index is -0.657. The number of nitrogens with one attached hydrogen (secondary N) is 1. The SMILES string of the molecule is O=C(CN1CCCCC1CO)NCc1cc(F)cc(F)c1. The molecule has 1 heterocycles. The number of rotatable bonds is 5. The van der Waals surface area contributed by atoms with Crippen LogP contribution < -0.4 is 5.32 Å². The number of likely N-dealkylation sites (tertiary alicyclic amines) is 1. The average Bonchev–Trinajstić information content (AvgIpc) is 2.45. The van der Waals surface area contributed by atoms with Crippen LogP contribution in [0.15, 0.2) is 18.2 Å². The van der Waals surface area contributed by atoms with Crippen LogP contribution in [0.1, 0.15) is 24.8 Å². The molecule has 1 saturated heterocycles. The molecule has 0 bridgehead atoms. The van der Waals surface area contributed by atoms with Gasteiger partial charge in [-0.25, -0.2) is 8.78 Å². The Kier molecular flexibility index (Phi) is 5.64. The van der Waals surface area contributed by atoms with Crippen molar-refractivity contribution < 1.29 is 18.7 Å². The van der Waals surface area contributed by atoms with Crippen molar-refractivity contribution in [1.29, 1.82) is 0 Å². The number of hydrogen-bond donors (Lipinski definition) is 2. The van der Waals surface area contributed by atoms with Crippen molar-refractivity contribution in [1.82, 2.24) is 10.2 Å². The summed E-state index contributed by atoms with van der Waals surface area (Å²) in [7, 11) is 0. The Morgan fingerprint density at radius 3 is 2.67 bits per heavy atom. The van der Waals surface area contributed by atoms with Gasteiger partial charge in [-0.05, 0) is 37.1 Å². The first-order valence-corrected chi connectivity index (χ1v) is 7.15. The minimum absolute atomic E-state index is 0.0242. The van der Waals surface area contributed by atoms with E-state index < -0.39 is 11.6 Å². The predicted molar refractivity (Wildman–Crippen MR) is 74.5 cm³/mol. The molecule has 1 aliphatic rings. The maximum Gasteiger partial charge on any atom is 0.234 e. The number of amides is 1. The monoisotopic (exact) mass is 298 g/mol. The molecule has 0 aromatic heterocycles. The van der Waals surface area contributed by atoms with Gasteiger partial charge >= 0.3 is 0 Å². The number of nitrogens with zero attached hydrogens (tertiary/aromatic N) is 1. The van der Waals surface area contributed by atoms with Gasteiger partial charge in [0.1, 0.15) is 11.6 Å². The molecule has 0 radical (unpaired) electrons. The van der Waals surface area contributed by atoms with Crippen molar-refractivity contribution in [3.63, 3.8) is 0 Å². The highest BCUT2D eigenvalue weighted by molar-refractivity contribution is 5.78. The second-order valence-corrected chi connectivity index (χ2v) is 5.36. The van der Waals surface area contributed by atoms with Crippen LogP contribution >= 0.6 is 0 Å². The number of benzene rings is 1. The number of carbonyl (C=O) groups is 1. The number of piperidine rings is 1. The van der Waals surface area contributed by atoms with E-state index in [-0.39, 0.29) is 31.6 Å². The van der Waals surface area contributed by atoms with Crippen LogP contribution in [-0.4, -0.2) is 41.7 Å². The lowest BCUT2D eigenvalue weighted by atomic mass is 10.0. The van der Waals surface area contributed by atoms with Gasteiger partial charge in [0.05, 0.1) is 13.2 Å². The van der Waals surface area contributed by atoms with Gasteiger partial charge in [-0.2, -0.15) is 0 Å². The van der Waals surface area contributed by atoms with Gasteiger partial charge < -0.3 is 10.4 Å². The Balaban J connectivity index is 1.84. The van der Waals surface area contributed by atoms with E-state index in [1.54, 1.807) is 0 Å². The second-order valence-electron chi connectivity index (χ2n) is 5.36. The molecule has 21 heavy (non-hydrogen) atoms. The highest BCUT2D eigenvalue weighted by Crippen LogP contribution is 2.16. The van der Waals surface area contributed by atoms with E-state index in [1.165, 1.54) is 12.1 Å². The van der Waals surface area contributed by atoms with Crippen LogP contribution in [0.5, 0.6) is 0 Å². The molecule has 1 aromatic rings.